The highest BCUT2D eigenvalue weighted by Crippen LogP contribution is 2.24. The van der Waals surface area contributed by atoms with Gasteiger partial charge in [0, 0.05) is 24.2 Å². The number of benzene rings is 1. The summed E-state index contributed by atoms with van der Waals surface area (Å²) in [6, 6.07) is 5.47. The molecule has 1 N–H and O–H groups in total. The van der Waals surface area contributed by atoms with Crippen LogP contribution in [0.5, 0.6) is 0 Å². The third-order valence-electron chi connectivity index (χ3n) is 3.43. The Labute approximate surface area is 130 Å². The number of hydrogen-bond acceptors (Lipinski definition) is 2. The Morgan fingerprint density at radius 3 is 2.68 bits per heavy atom. The maximum absolute atomic E-state index is 14.3. The van der Waals surface area contributed by atoms with Crippen molar-refractivity contribution in [2.45, 2.75) is 46.3 Å². The molecule has 2 aromatic rings. The number of ether oxygens (including phenoxy) is 1. The van der Waals surface area contributed by atoms with Crippen LogP contribution in [0.25, 0.3) is 10.9 Å². The molecule has 0 bridgehead atoms. The minimum absolute atomic E-state index is 0.0821. The Bertz CT molecular complexity index is 686. The average molecular weight is 306 g/mol. The molecule has 1 heterocycles. The first-order valence-corrected chi connectivity index (χ1v) is 7.41. The standard InChI is InChI=1S/C17H23FN2O2/c1-11-6-7-13-8-9-20(15(13)14(11)18)12(2)10-19-16(21)22-17(3,4)5/h6-9,12H,10H2,1-5H3,(H,19,21)/t12-/m1/s1. The van der Waals surface area contributed by atoms with E-state index in [0.717, 1.165) is 5.39 Å². The topological polar surface area (TPSA) is 43.3 Å². The molecule has 5 heteroatoms. The number of amides is 1. The van der Waals surface area contributed by atoms with Crippen molar-refractivity contribution in [3.05, 3.63) is 35.8 Å². The number of halogens is 1. The van der Waals surface area contributed by atoms with E-state index >= 15 is 0 Å². The molecule has 0 aliphatic heterocycles. The fourth-order valence-electron chi connectivity index (χ4n) is 2.32. The molecule has 0 aliphatic rings. The van der Waals surface area contributed by atoms with Crippen LogP contribution < -0.4 is 5.32 Å². The fourth-order valence-corrected chi connectivity index (χ4v) is 2.32. The fraction of sp³-hybridized carbons (Fsp3) is 0.471. The molecule has 2 rings (SSSR count). The molecule has 1 aromatic heterocycles. The predicted octanol–water partition coefficient (Wildman–Crippen LogP) is 4.17. The SMILES string of the molecule is Cc1ccc2ccn([C@H](C)CNC(=O)OC(C)(C)C)c2c1F. The van der Waals surface area contributed by atoms with Crippen LogP contribution in [0.4, 0.5) is 9.18 Å². The van der Waals surface area contributed by atoms with Crippen LogP contribution >= 0.6 is 0 Å². The second kappa shape index (κ2) is 5.99. The predicted molar refractivity (Wildman–Crippen MR) is 85.6 cm³/mol. The van der Waals surface area contributed by atoms with Crippen LogP contribution in [0.3, 0.4) is 0 Å². The van der Waals surface area contributed by atoms with E-state index in [1.165, 1.54) is 0 Å². The van der Waals surface area contributed by atoms with E-state index in [1.807, 2.05) is 50.6 Å². The van der Waals surface area contributed by atoms with Crippen molar-refractivity contribution >= 4 is 17.0 Å². The largest absolute Gasteiger partial charge is 0.444 e. The van der Waals surface area contributed by atoms with E-state index in [0.29, 0.717) is 17.6 Å². The molecule has 0 aliphatic carbocycles. The van der Waals surface area contributed by atoms with E-state index in [4.69, 9.17) is 4.74 Å². The van der Waals surface area contributed by atoms with Crippen molar-refractivity contribution in [2.24, 2.45) is 0 Å². The summed E-state index contributed by atoms with van der Waals surface area (Å²) < 4.78 is 21.4. The van der Waals surface area contributed by atoms with Gasteiger partial charge in [0.25, 0.3) is 0 Å². The molecule has 0 fully saturated rings. The molecule has 0 unspecified atom stereocenters. The maximum Gasteiger partial charge on any atom is 0.407 e. The smallest absolute Gasteiger partial charge is 0.407 e. The van der Waals surface area contributed by atoms with E-state index in [9.17, 15) is 9.18 Å². The quantitative estimate of drug-likeness (QED) is 0.924. The van der Waals surface area contributed by atoms with Gasteiger partial charge >= 0.3 is 6.09 Å². The van der Waals surface area contributed by atoms with E-state index in [-0.39, 0.29) is 11.9 Å². The number of carbonyl (C=O) groups is 1. The number of rotatable bonds is 3. The summed E-state index contributed by atoms with van der Waals surface area (Å²) in [5, 5.41) is 3.58. The molecule has 0 spiro atoms. The van der Waals surface area contributed by atoms with E-state index < -0.39 is 11.7 Å². The second-order valence-electron chi connectivity index (χ2n) is 6.59. The van der Waals surface area contributed by atoms with Crippen LogP contribution in [0.2, 0.25) is 0 Å². The molecule has 120 valence electrons. The van der Waals surface area contributed by atoms with Crippen LogP contribution in [-0.2, 0) is 4.74 Å². The Balaban J connectivity index is 2.12. The zero-order valence-corrected chi connectivity index (χ0v) is 13.7. The van der Waals surface area contributed by atoms with Gasteiger partial charge in [0.1, 0.15) is 11.4 Å². The lowest BCUT2D eigenvalue weighted by Gasteiger charge is -2.21. The van der Waals surface area contributed by atoms with Gasteiger partial charge in [-0.2, -0.15) is 0 Å². The van der Waals surface area contributed by atoms with Gasteiger partial charge in [0.15, 0.2) is 0 Å². The summed E-state index contributed by atoms with van der Waals surface area (Å²) in [4.78, 5) is 11.7. The third kappa shape index (κ3) is 3.59. The number of aryl methyl sites for hydroxylation is 1. The van der Waals surface area contributed by atoms with Gasteiger partial charge in [0.2, 0.25) is 0 Å². The molecule has 1 atom stereocenters. The normalized spacial score (nSPS) is 13.2. The molecule has 1 aromatic carbocycles. The van der Waals surface area contributed by atoms with Gasteiger partial charge in [-0.25, -0.2) is 9.18 Å². The van der Waals surface area contributed by atoms with Crippen molar-refractivity contribution < 1.29 is 13.9 Å². The van der Waals surface area contributed by atoms with Crippen LogP contribution in [0.1, 0.15) is 39.3 Å². The lowest BCUT2D eigenvalue weighted by molar-refractivity contribution is 0.0521. The maximum atomic E-state index is 14.3. The van der Waals surface area contributed by atoms with E-state index in [2.05, 4.69) is 5.32 Å². The molecule has 4 nitrogen and oxygen atoms in total. The molecule has 0 saturated heterocycles. The zero-order valence-electron chi connectivity index (χ0n) is 13.7. The molecular formula is C17H23FN2O2. The minimum atomic E-state index is -0.531. The first kappa shape index (κ1) is 16.3. The van der Waals surface area contributed by atoms with Crippen molar-refractivity contribution in [1.29, 1.82) is 0 Å². The number of nitrogens with zero attached hydrogens (tertiary/aromatic N) is 1. The lowest BCUT2D eigenvalue weighted by Crippen LogP contribution is -2.35. The van der Waals surface area contributed by atoms with Gasteiger partial charge in [-0.1, -0.05) is 12.1 Å². The summed E-state index contributed by atoms with van der Waals surface area (Å²) in [5.74, 6) is -0.216. The molecule has 0 radical (unpaired) electrons. The summed E-state index contributed by atoms with van der Waals surface area (Å²) in [6.07, 6.45) is 1.38. The lowest BCUT2D eigenvalue weighted by atomic mass is 10.1. The Hall–Kier alpha value is -2.04. The number of fused-ring (bicyclic) bond motifs is 1. The Morgan fingerprint density at radius 1 is 1.36 bits per heavy atom. The number of nitrogens with one attached hydrogen (secondary N) is 1. The average Bonchev–Trinajstić information content (AvgIpc) is 2.83. The van der Waals surface area contributed by atoms with Crippen molar-refractivity contribution in [2.75, 3.05) is 6.54 Å². The second-order valence-corrected chi connectivity index (χ2v) is 6.59. The summed E-state index contributed by atoms with van der Waals surface area (Å²) >= 11 is 0. The monoisotopic (exact) mass is 306 g/mol. The van der Waals surface area contributed by atoms with Crippen molar-refractivity contribution in [3.8, 4) is 0 Å². The van der Waals surface area contributed by atoms with Crippen LogP contribution in [0, 0.1) is 12.7 Å². The molecule has 1 amide bonds. The van der Waals surface area contributed by atoms with Gasteiger partial charge in [-0.05, 0) is 46.2 Å². The van der Waals surface area contributed by atoms with Gasteiger partial charge < -0.3 is 14.6 Å². The number of aromatic nitrogens is 1. The highest BCUT2D eigenvalue weighted by atomic mass is 19.1. The summed E-state index contributed by atoms with van der Waals surface area (Å²) in [5.41, 5.74) is 0.648. The highest BCUT2D eigenvalue weighted by molar-refractivity contribution is 5.81. The van der Waals surface area contributed by atoms with E-state index in [1.54, 1.807) is 13.0 Å². The van der Waals surface area contributed by atoms with Crippen molar-refractivity contribution in [3.63, 3.8) is 0 Å². The number of alkyl carbamates (subject to hydrolysis) is 1. The first-order chi connectivity index (χ1) is 10.2. The summed E-state index contributed by atoms with van der Waals surface area (Å²) in [7, 11) is 0. The zero-order chi connectivity index (χ0) is 16.5. The molecular weight excluding hydrogens is 283 g/mol. The number of hydrogen-bond donors (Lipinski definition) is 1. The number of carbonyl (C=O) groups excluding carboxylic acids is 1. The van der Waals surface area contributed by atoms with Gasteiger partial charge in [-0.15, -0.1) is 0 Å². The van der Waals surface area contributed by atoms with Crippen LogP contribution in [-0.4, -0.2) is 22.8 Å². The Morgan fingerprint density at radius 2 is 2.05 bits per heavy atom. The molecule has 22 heavy (non-hydrogen) atoms. The highest BCUT2D eigenvalue weighted by Gasteiger charge is 2.18. The van der Waals surface area contributed by atoms with Gasteiger partial charge in [-0.3, -0.25) is 0 Å². The third-order valence-corrected chi connectivity index (χ3v) is 3.43. The minimum Gasteiger partial charge on any atom is -0.444 e. The van der Waals surface area contributed by atoms with Gasteiger partial charge in [0.05, 0.1) is 5.52 Å². The Kier molecular flexibility index (Phi) is 4.44. The summed E-state index contributed by atoms with van der Waals surface area (Å²) in [6.45, 7) is 9.48. The van der Waals surface area contributed by atoms with Crippen molar-refractivity contribution in [1.82, 2.24) is 9.88 Å². The molecule has 0 saturated carbocycles. The van der Waals surface area contributed by atoms with Crippen LogP contribution in [0.15, 0.2) is 24.4 Å². The first-order valence-electron chi connectivity index (χ1n) is 7.41.